The van der Waals surface area contributed by atoms with E-state index in [9.17, 15) is 26.3 Å². The first kappa shape index (κ1) is 18.0. The summed E-state index contributed by atoms with van der Waals surface area (Å²) in [6, 6.07) is 0. The number of hydrogen-bond donors (Lipinski definition) is 2. The maximum absolute atomic E-state index is 12.4. The van der Waals surface area contributed by atoms with Gasteiger partial charge >= 0.3 is 12.4 Å². The van der Waals surface area contributed by atoms with Crippen molar-refractivity contribution in [2.45, 2.75) is 48.0 Å². The van der Waals surface area contributed by atoms with E-state index in [4.69, 9.17) is 18.1 Å². The number of halogens is 7. The fraction of sp³-hybridized carbons (Fsp3) is 1.00. The molecule has 0 aromatic rings. The molecular formula is C8H10BBrF6O2. The summed E-state index contributed by atoms with van der Waals surface area (Å²) in [5.74, 6) is -0.755. The highest BCUT2D eigenvalue weighted by Crippen LogP contribution is 2.47. The summed E-state index contributed by atoms with van der Waals surface area (Å²) in [4.78, 5) is -1.66. The second kappa shape index (κ2) is 5.58. The first-order chi connectivity index (χ1) is 7.75. The minimum atomic E-state index is -6.06. The van der Waals surface area contributed by atoms with E-state index in [1.54, 1.807) is 0 Å². The molecule has 1 unspecified atom stereocenters. The van der Waals surface area contributed by atoms with Crippen molar-refractivity contribution in [2.75, 3.05) is 0 Å². The molecule has 0 spiro atoms. The van der Waals surface area contributed by atoms with Crippen LogP contribution in [0.15, 0.2) is 0 Å². The Bertz CT molecular complexity index is 266. The van der Waals surface area contributed by atoms with Crippen molar-refractivity contribution in [3.63, 3.8) is 0 Å². The van der Waals surface area contributed by atoms with E-state index < -0.39 is 34.7 Å². The minimum absolute atomic E-state index is 0.379. The van der Waals surface area contributed by atoms with Crippen LogP contribution in [-0.4, -0.2) is 46.9 Å². The fourth-order valence-corrected chi connectivity index (χ4v) is 2.21. The standard InChI is InChI=1S/C8H10BBrF6O2/c1-3(9)2-4(10)5(17)6(18,7(11,12)13)8(14,15)16/h3-5,17-18H,2H2,1H3/t3?,4-,5-/m1/s1. The molecule has 0 rings (SSSR count). The van der Waals surface area contributed by atoms with Gasteiger partial charge in [0.05, 0.1) is 7.85 Å². The average Bonchev–Trinajstić information content (AvgIpc) is 2.10. The first-order valence-corrected chi connectivity index (χ1v) is 5.60. The smallest absolute Gasteiger partial charge is 0.388 e. The highest BCUT2D eigenvalue weighted by molar-refractivity contribution is 9.09. The van der Waals surface area contributed by atoms with Crippen LogP contribution in [0.3, 0.4) is 0 Å². The maximum Gasteiger partial charge on any atom is 0.428 e. The van der Waals surface area contributed by atoms with Crippen LogP contribution in [-0.2, 0) is 0 Å². The van der Waals surface area contributed by atoms with Gasteiger partial charge in [0, 0.05) is 4.83 Å². The summed E-state index contributed by atoms with van der Waals surface area (Å²) < 4.78 is 74.2. The molecule has 0 aliphatic carbocycles. The lowest BCUT2D eigenvalue weighted by Gasteiger charge is -2.38. The van der Waals surface area contributed by atoms with E-state index in [0.29, 0.717) is 0 Å². The minimum Gasteiger partial charge on any atom is -0.388 e. The number of aliphatic hydroxyl groups excluding tert-OH is 1. The molecule has 0 fully saturated rings. The van der Waals surface area contributed by atoms with Crippen LogP contribution in [0, 0.1) is 0 Å². The van der Waals surface area contributed by atoms with Crippen LogP contribution >= 0.6 is 15.9 Å². The Morgan fingerprint density at radius 1 is 1.11 bits per heavy atom. The van der Waals surface area contributed by atoms with Crippen LogP contribution in [0.2, 0.25) is 5.82 Å². The molecule has 106 valence electrons. The maximum atomic E-state index is 12.4. The third-order valence-corrected chi connectivity index (χ3v) is 3.11. The van der Waals surface area contributed by atoms with Gasteiger partial charge in [0.15, 0.2) is 0 Å². The van der Waals surface area contributed by atoms with Gasteiger partial charge in [-0.2, -0.15) is 26.3 Å². The van der Waals surface area contributed by atoms with Gasteiger partial charge in [-0.05, 0) is 6.42 Å². The van der Waals surface area contributed by atoms with Crippen LogP contribution in [0.4, 0.5) is 26.3 Å². The molecule has 0 saturated carbocycles. The van der Waals surface area contributed by atoms with Gasteiger partial charge in [-0.3, -0.25) is 0 Å². The molecule has 2 nitrogen and oxygen atoms in total. The first-order valence-electron chi connectivity index (χ1n) is 4.68. The zero-order valence-corrected chi connectivity index (χ0v) is 10.6. The predicted molar refractivity (Wildman–Crippen MR) is 55.6 cm³/mol. The lowest BCUT2D eigenvalue weighted by molar-refractivity contribution is -0.390. The monoisotopic (exact) mass is 342 g/mol. The largest absolute Gasteiger partial charge is 0.428 e. The molecule has 0 aliphatic rings. The third kappa shape index (κ3) is 3.54. The third-order valence-electron chi connectivity index (χ3n) is 2.23. The van der Waals surface area contributed by atoms with Crippen molar-refractivity contribution >= 4 is 23.8 Å². The highest BCUT2D eigenvalue weighted by Gasteiger charge is 2.74. The summed E-state index contributed by atoms with van der Waals surface area (Å²) in [7, 11) is 5.21. The molecule has 0 aromatic carbocycles. The van der Waals surface area contributed by atoms with Crippen LogP contribution < -0.4 is 0 Å². The van der Waals surface area contributed by atoms with Gasteiger partial charge < -0.3 is 10.2 Å². The summed E-state index contributed by atoms with van der Waals surface area (Å²) in [5, 5.41) is 18.0. The van der Waals surface area contributed by atoms with E-state index in [2.05, 4.69) is 15.9 Å². The number of alkyl halides is 7. The van der Waals surface area contributed by atoms with Crippen molar-refractivity contribution in [3.05, 3.63) is 0 Å². The van der Waals surface area contributed by atoms with Gasteiger partial charge in [-0.15, -0.1) is 0 Å². The Hall–Kier alpha value is 0.0449. The lowest BCUT2D eigenvalue weighted by Crippen LogP contribution is -2.66. The number of aliphatic hydroxyl groups is 2. The SMILES string of the molecule is [B]C(C)C[C@@H](Br)[C@@H](O)C(O)(C(F)(F)F)C(F)(F)F. The van der Waals surface area contributed by atoms with Crippen LogP contribution in [0.5, 0.6) is 0 Å². The molecule has 0 bridgehead atoms. The Morgan fingerprint density at radius 3 is 1.67 bits per heavy atom. The van der Waals surface area contributed by atoms with Gasteiger partial charge in [0.2, 0.25) is 0 Å². The Labute approximate surface area is 109 Å². The molecule has 0 saturated heterocycles. The fourth-order valence-electron chi connectivity index (χ4n) is 1.24. The van der Waals surface area contributed by atoms with E-state index in [0.717, 1.165) is 0 Å². The molecule has 2 N–H and O–H groups in total. The summed E-state index contributed by atoms with van der Waals surface area (Å²) in [6.07, 6.45) is -15.6. The molecule has 0 heterocycles. The molecular weight excluding hydrogens is 333 g/mol. The summed E-state index contributed by atoms with van der Waals surface area (Å²) >= 11 is 2.47. The Kier molecular flexibility index (Phi) is 5.59. The van der Waals surface area contributed by atoms with Crippen LogP contribution in [0.25, 0.3) is 0 Å². The normalized spacial score (nSPS) is 19.4. The van der Waals surface area contributed by atoms with Gasteiger partial charge in [0.1, 0.15) is 6.10 Å². The van der Waals surface area contributed by atoms with Crippen molar-refractivity contribution in [1.29, 1.82) is 0 Å². The number of rotatable bonds is 4. The second-order valence-corrected chi connectivity index (χ2v) is 5.11. The molecule has 2 radical (unpaired) electrons. The summed E-state index contributed by atoms with van der Waals surface area (Å²) in [6.45, 7) is 1.33. The van der Waals surface area contributed by atoms with Crippen molar-refractivity contribution in [2.24, 2.45) is 0 Å². The zero-order valence-electron chi connectivity index (χ0n) is 9.06. The molecule has 0 amide bonds. The average molecular weight is 343 g/mol. The summed E-state index contributed by atoms with van der Waals surface area (Å²) in [5.41, 5.74) is -5.21. The molecule has 18 heavy (non-hydrogen) atoms. The Balaban J connectivity index is 5.37. The highest BCUT2D eigenvalue weighted by atomic mass is 79.9. The quantitative estimate of drug-likeness (QED) is 0.468. The molecule has 3 atom stereocenters. The predicted octanol–water partition coefficient (Wildman–Crippen LogP) is 2.33. The second-order valence-electron chi connectivity index (χ2n) is 3.94. The number of hydrogen-bond acceptors (Lipinski definition) is 2. The molecule has 0 aliphatic heterocycles. The van der Waals surface area contributed by atoms with Gasteiger partial charge in [0.25, 0.3) is 5.60 Å². The topological polar surface area (TPSA) is 40.5 Å². The van der Waals surface area contributed by atoms with Crippen molar-refractivity contribution < 1.29 is 36.6 Å². The Morgan fingerprint density at radius 2 is 1.44 bits per heavy atom. The zero-order chi connectivity index (χ0) is 14.9. The van der Waals surface area contributed by atoms with Crippen molar-refractivity contribution in [3.8, 4) is 0 Å². The van der Waals surface area contributed by atoms with Gasteiger partial charge in [-0.1, -0.05) is 28.7 Å². The molecule has 10 heteroatoms. The molecule has 0 aromatic heterocycles. The van der Waals surface area contributed by atoms with E-state index in [1.165, 1.54) is 6.92 Å². The van der Waals surface area contributed by atoms with E-state index in [1.807, 2.05) is 0 Å². The van der Waals surface area contributed by atoms with Gasteiger partial charge in [-0.25, -0.2) is 0 Å². The lowest BCUT2D eigenvalue weighted by atomic mass is 9.82. The van der Waals surface area contributed by atoms with E-state index in [-0.39, 0.29) is 6.42 Å². The van der Waals surface area contributed by atoms with Crippen LogP contribution in [0.1, 0.15) is 13.3 Å². The van der Waals surface area contributed by atoms with Crippen molar-refractivity contribution in [1.82, 2.24) is 0 Å². The van der Waals surface area contributed by atoms with E-state index >= 15 is 0 Å².